The Labute approximate surface area is 115 Å². The molecular formula is C15H26N2O2. The van der Waals surface area contributed by atoms with Crippen LogP contribution in [0.3, 0.4) is 0 Å². The Kier molecular flexibility index (Phi) is 3.63. The van der Waals surface area contributed by atoms with Crippen LogP contribution in [0.15, 0.2) is 0 Å². The average molecular weight is 266 g/mol. The normalized spacial score (nSPS) is 32.3. The van der Waals surface area contributed by atoms with Gasteiger partial charge in [-0.1, -0.05) is 26.2 Å². The lowest BCUT2D eigenvalue weighted by Crippen LogP contribution is -2.74. The highest BCUT2D eigenvalue weighted by Gasteiger charge is 2.53. The molecule has 1 unspecified atom stereocenters. The number of carbonyl (C=O) groups is 2. The molecule has 2 aliphatic rings. The maximum Gasteiger partial charge on any atom is 0.249 e. The van der Waals surface area contributed by atoms with Gasteiger partial charge in [0.1, 0.15) is 11.1 Å². The van der Waals surface area contributed by atoms with E-state index in [1.165, 1.54) is 6.42 Å². The molecular weight excluding hydrogens is 240 g/mol. The van der Waals surface area contributed by atoms with Crippen molar-refractivity contribution in [1.82, 2.24) is 10.2 Å². The number of nitrogens with zero attached hydrogens (tertiary/aromatic N) is 1. The van der Waals surface area contributed by atoms with Gasteiger partial charge in [-0.05, 0) is 40.0 Å². The van der Waals surface area contributed by atoms with Crippen molar-refractivity contribution in [3.05, 3.63) is 0 Å². The van der Waals surface area contributed by atoms with Crippen LogP contribution in [0.1, 0.15) is 66.2 Å². The Morgan fingerprint density at radius 3 is 2.26 bits per heavy atom. The topological polar surface area (TPSA) is 49.4 Å². The Bertz CT molecular complexity index is 386. The Morgan fingerprint density at radius 2 is 1.74 bits per heavy atom. The van der Waals surface area contributed by atoms with E-state index in [4.69, 9.17) is 0 Å². The fourth-order valence-corrected chi connectivity index (χ4v) is 3.29. The lowest BCUT2D eigenvalue weighted by molar-refractivity contribution is -0.165. The second-order valence-corrected chi connectivity index (χ2v) is 6.67. The average Bonchev–Trinajstić information content (AvgIpc) is 2.38. The van der Waals surface area contributed by atoms with Crippen LogP contribution in [-0.2, 0) is 9.59 Å². The summed E-state index contributed by atoms with van der Waals surface area (Å²) in [6, 6.07) is 0.230. The van der Waals surface area contributed by atoms with Gasteiger partial charge in [-0.2, -0.15) is 0 Å². The summed E-state index contributed by atoms with van der Waals surface area (Å²) in [4.78, 5) is 27.1. The van der Waals surface area contributed by atoms with Crippen LogP contribution in [0.5, 0.6) is 0 Å². The number of hydrogen-bond acceptors (Lipinski definition) is 2. The van der Waals surface area contributed by atoms with Crippen molar-refractivity contribution in [2.24, 2.45) is 0 Å². The fourth-order valence-electron chi connectivity index (χ4n) is 3.29. The Balaban J connectivity index is 2.34. The first kappa shape index (κ1) is 14.4. The van der Waals surface area contributed by atoms with Crippen LogP contribution in [-0.4, -0.2) is 33.8 Å². The zero-order chi connectivity index (χ0) is 14.3. The SMILES string of the molecule is CCC1(C)NC(=O)C(C)(C)N(C2CCCCC2)C1=O. The lowest BCUT2D eigenvalue weighted by Gasteiger charge is -2.52. The van der Waals surface area contributed by atoms with E-state index in [0.29, 0.717) is 6.42 Å². The highest BCUT2D eigenvalue weighted by atomic mass is 16.2. The molecule has 108 valence electrons. The molecule has 0 radical (unpaired) electrons. The molecule has 1 N–H and O–H groups in total. The van der Waals surface area contributed by atoms with Gasteiger partial charge >= 0.3 is 0 Å². The van der Waals surface area contributed by atoms with E-state index in [9.17, 15) is 9.59 Å². The predicted octanol–water partition coefficient (Wildman–Crippen LogP) is 2.22. The zero-order valence-electron chi connectivity index (χ0n) is 12.6. The summed E-state index contributed by atoms with van der Waals surface area (Å²) in [7, 11) is 0. The summed E-state index contributed by atoms with van der Waals surface area (Å²) in [5.74, 6) is 0.0634. The van der Waals surface area contributed by atoms with Crippen molar-refractivity contribution < 1.29 is 9.59 Å². The number of carbonyl (C=O) groups excluding carboxylic acids is 2. The summed E-state index contributed by atoms with van der Waals surface area (Å²) in [5.41, 5.74) is -1.46. The third kappa shape index (κ3) is 2.26. The molecule has 1 aliphatic heterocycles. The van der Waals surface area contributed by atoms with Gasteiger partial charge in [-0.15, -0.1) is 0 Å². The molecule has 2 fully saturated rings. The van der Waals surface area contributed by atoms with E-state index in [0.717, 1.165) is 25.7 Å². The van der Waals surface area contributed by atoms with Crippen molar-refractivity contribution in [1.29, 1.82) is 0 Å². The van der Waals surface area contributed by atoms with E-state index in [1.54, 1.807) is 0 Å². The van der Waals surface area contributed by atoms with Gasteiger partial charge in [0, 0.05) is 6.04 Å². The maximum absolute atomic E-state index is 12.8. The first-order valence-electron chi connectivity index (χ1n) is 7.49. The Hall–Kier alpha value is -1.06. The van der Waals surface area contributed by atoms with Gasteiger partial charge in [0.05, 0.1) is 0 Å². The largest absolute Gasteiger partial charge is 0.340 e. The van der Waals surface area contributed by atoms with E-state index in [2.05, 4.69) is 5.32 Å². The van der Waals surface area contributed by atoms with Crippen LogP contribution in [0, 0.1) is 0 Å². The fraction of sp³-hybridized carbons (Fsp3) is 0.867. The van der Waals surface area contributed by atoms with Crippen LogP contribution >= 0.6 is 0 Å². The number of rotatable bonds is 2. The third-order valence-corrected chi connectivity index (χ3v) is 4.89. The van der Waals surface area contributed by atoms with Gasteiger partial charge in [-0.25, -0.2) is 0 Å². The van der Waals surface area contributed by atoms with Crippen molar-refractivity contribution in [2.75, 3.05) is 0 Å². The predicted molar refractivity (Wildman–Crippen MR) is 74.6 cm³/mol. The molecule has 1 heterocycles. The summed E-state index contributed by atoms with van der Waals surface area (Å²) >= 11 is 0. The summed E-state index contributed by atoms with van der Waals surface area (Å²) in [6.07, 6.45) is 6.27. The number of amides is 2. The van der Waals surface area contributed by atoms with Crippen LogP contribution in [0.2, 0.25) is 0 Å². The van der Waals surface area contributed by atoms with E-state index >= 15 is 0 Å². The van der Waals surface area contributed by atoms with Gasteiger partial charge in [0.15, 0.2) is 0 Å². The number of nitrogens with one attached hydrogen (secondary N) is 1. The Morgan fingerprint density at radius 1 is 1.16 bits per heavy atom. The van der Waals surface area contributed by atoms with Crippen LogP contribution < -0.4 is 5.32 Å². The summed E-state index contributed by atoms with van der Waals surface area (Å²) in [5, 5.41) is 2.92. The van der Waals surface area contributed by atoms with Gasteiger partial charge in [0.25, 0.3) is 0 Å². The minimum Gasteiger partial charge on any atom is -0.340 e. The molecule has 2 amide bonds. The first-order chi connectivity index (χ1) is 8.83. The standard InChI is InChI=1S/C15H26N2O2/c1-5-15(4)13(19)17(11-9-7-6-8-10-11)14(2,3)12(18)16-15/h11H,5-10H2,1-4H3,(H,16,18). The zero-order valence-corrected chi connectivity index (χ0v) is 12.6. The smallest absolute Gasteiger partial charge is 0.249 e. The van der Waals surface area contributed by atoms with Gasteiger partial charge < -0.3 is 10.2 Å². The molecule has 19 heavy (non-hydrogen) atoms. The minimum atomic E-state index is -0.732. The van der Waals surface area contributed by atoms with Crippen molar-refractivity contribution in [2.45, 2.75) is 83.3 Å². The molecule has 1 atom stereocenters. The molecule has 0 aromatic heterocycles. The second kappa shape index (κ2) is 4.80. The number of hydrogen-bond donors (Lipinski definition) is 1. The molecule has 2 rings (SSSR count). The summed E-state index contributed by atoms with van der Waals surface area (Å²) in [6.45, 7) is 7.53. The first-order valence-corrected chi connectivity index (χ1v) is 7.49. The van der Waals surface area contributed by atoms with Gasteiger partial charge in [-0.3, -0.25) is 9.59 Å². The second-order valence-electron chi connectivity index (χ2n) is 6.67. The molecule has 4 heteroatoms. The monoisotopic (exact) mass is 266 g/mol. The highest BCUT2D eigenvalue weighted by Crippen LogP contribution is 2.34. The lowest BCUT2D eigenvalue weighted by atomic mass is 9.82. The van der Waals surface area contributed by atoms with Crippen LogP contribution in [0.4, 0.5) is 0 Å². The molecule has 1 aliphatic carbocycles. The molecule has 4 nitrogen and oxygen atoms in total. The quantitative estimate of drug-likeness (QED) is 0.833. The highest BCUT2D eigenvalue weighted by molar-refractivity contribution is 6.01. The molecule has 0 bridgehead atoms. The van der Waals surface area contributed by atoms with E-state index < -0.39 is 11.1 Å². The van der Waals surface area contributed by atoms with E-state index in [1.807, 2.05) is 32.6 Å². The molecule has 1 saturated heterocycles. The molecule has 0 spiro atoms. The maximum atomic E-state index is 12.8. The van der Waals surface area contributed by atoms with Crippen LogP contribution in [0.25, 0.3) is 0 Å². The van der Waals surface area contributed by atoms with Crippen molar-refractivity contribution >= 4 is 11.8 Å². The molecule has 1 saturated carbocycles. The van der Waals surface area contributed by atoms with Crippen molar-refractivity contribution in [3.63, 3.8) is 0 Å². The van der Waals surface area contributed by atoms with E-state index in [-0.39, 0.29) is 17.9 Å². The molecule has 0 aromatic rings. The number of piperazine rings is 1. The third-order valence-electron chi connectivity index (χ3n) is 4.89. The van der Waals surface area contributed by atoms with Gasteiger partial charge in [0.2, 0.25) is 11.8 Å². The van der Waals surface area contributed by atoms with Crippen molar-refractivity contribution in [3.8, 4) is 0 Å². The summed E-state index contributed by atoms with van der Waals surface area (Å²) < 4.78 is 0. The molecule has 0 aromatic carbocycles. The minimum absolute atomic E-state index is 0.0259.